The van der Waals surface area contributed by atoms with E-state index >= 15 is 0 Å². The van der Waals surface area contributed by atoms with E-state index in [0.717, 1.165) is 33.9 Å². The largest absolute Gasteiger partial charge is 0.489 e. The fourth-order valence-electron chi connectivity index (χ4n) is 3.85. The molecule has 1 N–H and O–H groups in total. The number of carbonyl (C=O) groups excluding carboxylic acids is 2. The van der Waals surface area contributed by atoms with Crippen molar-refractivity contribution in [1.29, 1.82) is 0 Å². The number of ether oxygens (including phenoxy) is 1. The zero-order valence-electron chi connectivity index (χ0n) is 19.0. The summed E-state index contributed by atoms with van der Waals surface area (Å²) in [4.78, 5) is 26.9. The van der Waals surface area contributed by atoms with Crippen LogP contribution in [0.1, 0.15) is 32.4 Å². The molecule has 6 nitrogen and oxygen atoms in total. The van der Waals surface area contributed by atoms with Gasteiger partial charge in [0.1, 0.15) is 17.2 Å². The Morgan fingerprint density at radius 3 is 2.60 bits per heavy atom. The van der Waals surface area contributed by atoms with Gasteiger partial charge in [-0.25, -0.2) is 5.43 Å². The summed E-state index contributed by atoms with van der Waals surface area (Å²) in [5.74, 6) is 3.15. The number of hydrogen-bond acceptors (Lipinski definition) is 6. The van der Waals surface area contributed by atoms with Gasteiger partial charge in [-0.15, -0.1) is 11.8 Å². The van der Waals surface area contributed by atoms with Crippen LogP contribution < -0.4 is 10.2 Å². The van der Waals surface area contributed by atoms with Gasteiger partial charge in [0.25, 0.3) is 5.91 Å². The molecule has 2 fully saturated rings. The van der Waals surface area contributed by atoms with Crippen molar-refractivity contribution in [3.63, 3.8) is 0 Å². The zero-order valence-corrected chi connectivity index (χ0v) is 20.6. The van der Waals surface area contributed by atoms with Gasteiger partial charge in [0.05, 0.1) is 12.0 Å². The van der Waals surface area contributed by atoms with Crippen LogP contribution in [-0.4, -0.2) is 46.3 Å². The lowest BCUT2D eigenvalue weighted by atomic mass is 10.1. The molecule has 2 aliphatic rings. The average Bonchev–Trinajstić information content (AvgIpc) is 3.22. The number of nitrogens with one attached hydrogen (secondary N) is 1. The SMILES string of the molecule is O=C(N/N=C\c1cccc(OC2CSC2)c1)c1ccc([C@H]2SCC(=O)N2Cc2ccccc2)cc1. The van der Waals surface area contributed by atoms with Crippen molar-refractivity contribution in [2.75, 3.05) is 17.3 Å². The first-order valence-corrected chi connectivity index (χ1v) is 13.6. The van der Waals surface area contributed by atoms with E-state index in [4.69, 9.17) is 4.74 Å². The van der Waals surface area contributed by atoms with Crippen molar-refractivity contribution in [3.8, 4) is 5.75 Å². The Bertz CT molecular complexity index is 1210. The van der Waals surface area contributed by atoms with Gasteiger partial charge in [-0.1, -0.05) is 54.6 Å². The number of nitrogens with zero attached hydrogens (tertiary/aromatic N) is 2. The highest BCUT2D eigenvalue weighted by molar-refractivity contribution is 8.00. The maximum atomic E-state index is 12.6. The summed E-state index contributed by atoms with van der Waals surface area (Å²) in [5.41, 5.74) is 6.04. The first-order chi connectivity index (χ1) is 17.2. The van der Waals surface area contributed by atoms with Crippen LogP contribution in [0.15, 0.2) is 84.0 Å². The van der Waals surface area contributed by atoms with Crippen molar-refractivity contribution in [2.24, 2.45) is 5.10 Å². The van der Waals surface area contributed by atoms with Crippen molar-refractivity contribution < 1.29 is 14.3 Å². The molecule has 2 saturated heterocycles. The smallest absolute Gasteiger partial charge is 0.271 e. The van der Waals surface area contributed by atoms with E-state index in [0.29, 0.717) is 17.9 Å². The summed E-state index contributed by atoms with van der Waals surface area (Å²) in [7, 11) is 0. The topological polar surface area (TPSA) is 71.0 Å². The molecule has 0 bridgehead atoms. The van der Waals surface area contributed by atoms with E-state index in [9.17, 15) is 9.59 Å². The number of benzene rings is 3. The summed E-state index contributed by atoms with van der Waals surface area (Å²) < 4.78 is 5.89. The summed E-state index contributed by atoms with van der Waals surface area (Å²) in [6.07, 6.45) is 1.89. The van der Waals surface area contributed by atoms with Gasteiger partial charge < -0.3 is 9.64 Å². The van der Waals surface area contributed by atoms with Gasteiger partial charge in [-0.05, 0) is 41.0 Å². The molecule has 0 aliphatic carbocycles. The maximum Gasteiger partial charge on any atom is 0.271 e. The van der Waals surface area contributed by atoms with E-state index in [1.54, 1.807) is 30.1 Å². The molecule has 2 heterocycles. The molecule has 2 amide bonds. The number of amides is 2. The molecular formula is C27H25N3O3S2. The molecule has 0 radical (unpaired) electrons. The molecule has 0 spiro atoms. The van der Waals surface area contributed by atoms with Crippen LogP contribution in [0, 0.1) is 0 Å². The fourth-order valence-corrected chi connectivity index (χ4v) is 5.61. The Balaban J connectivity index is 1.19. The molecule has 2 aliphatic heterocycles. The van der Waals surface area contributed by atoms with Crippen molar-refractivity contribution in [2.45, 2.75) is 18.0 Å². The highest BCUT2D eigenvalue weighted by Crippen LogP contribution is 2.39. The quantitative estimate of drug-likeness (QED) is 0.356. The van der Waals surface area contributed by atoms with Crippen LogP contribution in [0.4, 0.5) is 0 Å². The van der Waals surface area contributed by atoms with Crippen molar-refractivity contribution in [1.82, 2.24) is 10.3 Å². The summed E-state index contributed by atoms with van der Waals surface area (Å²) in [5, 5.41) is 4.04. The first-order valence-electron chi connectivity index (χ1n) is 11.4. The summed E-state index contributed by atoms with van der Waals surface area (Å²) in [6.45, 7) is 0.570. The van der Waals surface area contributed by atoms with Crippen molar-refractivity contribution >= 4 is 41.6 Å². The van der Waals surface area contributed by atoms with Gasteiger partial charge in [-0.2, -0.15) is 16.9 Å². The molecule has 0 saturated carbocycles. The Morgan fingerprint density at radius 1 is 1.06 bits per heavy atom. The third-order valence-electron chi connectivity index (χ3n) is 5.77. The van der Waals surface area contributed by atoms with Crippen LogP contribution in [0.25, 0.3) is 0 Å². The number of rotatable bonds is 8. The van der Waals surface area contributed by atoms with E-state index in [-0.39, 0.29) is 23.3 Å². The highest BCUT2D eigenvalue weighted by atomic mass is 32.2. The molecule has 0 aromatic heterocycles. The second kappa shape index (κ2) is 11.0. The summed E-state index contributed by atoms with van der Waals surface area (Å²) in [6, 6.07) is 25.0. The van der Waals surface area contributed by atoms with Crippen LogP contribution in [0.3, 0.4) is 0 Å². The lowest BCUT2D eigenvalue weighted by molar-refractivity contribution is -0.128. The minimum absolute atomic E-state index is 0.0640. The molecule has 3 aromatic carbocycles. The second-order valence-electron chi connectivity index (χ2n) is 8.34. The van der Waals surface area contributed by atoms with Crippen LogP contribution >= 0.6 is 23.5 Å². The summed E-state index contributed by atoms with van der Waals surface area (Å²) >= 11 is 3.48. The van der Waals surface area contributed by atoms with Crippen molar-refractivity contribution in [3.05, 3.63) is 101 Å². The Morgan fingerprint density at radius 2 is 1.86 bits per heavy atom. The molecule has 8 heteroatoms. The average molecular weight is 504 g/mol. The van der Waals surface area contributed by atoms with Gasteiger partial charge in [0.15, 0.2) is 0 Å². The minimum atomic E-state index is -0.289. The lowest BCUT2D eigenvalue weighted by Gasteiger charge is -2.25. The molecule has 178 valence electrons. The predicted molar refractivity (Wildman–Crippen MR) is 142 cm³/mol. The van der Waals surface area contributed by atoms with Crippen LogP contribution in [0.2, 0.25) is 0 Å². The Labute approximate surface area is 213 Å². The number of carbonyl (C=O) groups is 2. The maximum absolute atomic E-state index is 12.6. The standard InChI is InChI=1S/C27H25N3O3S2/c31-25-18-35-27(30(25)15-19-5-2-1-3-6-19)22-11-9-21(10-12-22)26(32)29-28-14-20-7-4-8-23(13-20)33-24-16-34-17-24/h1-14,24,27H,15-18H2,(H,29,32)/b28-14-/t27-/m1/s1. The van der Waals surface area contributed by atoms with Gasteiger partial charge in [0.2, 0.25) is 5.91 Å². The Hall–Kier alpha value is -3.23. The van der Waals surface area contributed by atoms with Gasteiger partial charge in [0, 0.05) is 23.6 Å². The van der Waals surface area contributed by atoms with Crippen LogP contribution in [0.5, 0.6) is 5.75 Å². The second-order valence-corrected chi connectivity index (χ2v) is 10.5. The molecular weight excluding hydrogens is 478 g/mol. The first kappa shape index (κ1) is 23.5. The molecule has 3 aromatic rings. The number of hydrazone groups is 1. The van der Waals surface area contributed by atoms with E-state index in [1.165, 1.54) is 0 Å². The molecule has 1 atom stereocenters. The molecule has 5 rings (SSSR count). The molecule has 0 unspecified atom stereocenters. The monoisotopic (exact) mass is 503 g/mol. The highest BCUT2D eigenvalue weighted by Gasteiger charge is 2.32. The fraction of sp³-hybridized carbons (Fsp3) is 0.222. The van der Waals surface area contributed by atoms with Gasteiger partial charge in [-0.3, -0.25) is 9.59 Å². The van der Waals surface area contributed by atoms with E-state index in [2.05, 4.69) is 10.5 Å². The van der Waals surface area contributed by atoms with E-state index in [1.807, 2.05) is 83.4 Å². The Kier molecular flexibility index (Phi) is 7.39. The van der Waals surface area contributed by atoms with Crippen LogP contribution in [-0.2, 0) is 11.3 Å². The number of thioether (sulfide) groups is 2. The van der Waals surface area contributed by atoms with Gasteiger partial charge >= 0.3 is 0 Å². The lowest BCUT2D eigenvalue weighted by Crippen LogP contribution is -2.31. The minimum Gasteiger partial charge on any atom is -0.489 e. The van der Waals surface area contributed by atoms with E-state index < -0.39 is 0 Å². The number of hydrogen-bond donors (Lipinski definition) is 1. The third-order valence-corrected chi connectivity index (χ3v) is 8.24. The zero-order chi connectivity index (χ0) is 24.0. The predicted octanol–water partition coefficient (Wildman–Crippen LogP) is 4.72. The normalized spacial score (nSPS) is 18.0. The molecule has 35 heavy (non-hydrogen) atoms. The third kappa shape index (κ3) is 5.89.